The van der Waals surface area contributed by atoms with E-state index < -0.39 is 168 Å². The van der Waals surface area contributed by atoms with Gasteiger partial charge < -0.3 is 37.3 Å². The molecule has 6 aromatic heterocycles. The predicted octanol–water partition coefficient (Wildman–Crippen LogP) is 5.86. The van der Waals surface area contributed by atoms with E-state index in [1.54, 1.807) is 76.7 Å². The second kappa shape index (κ2) is 37.3. The molecular weight excluding hydrogens is 1670 g/mol. The van der Waals surface area contributed by atoms with Crippen LogP contribution in [-0.4, -0.2) is 254 Å². The average molecular weight is 1770 g/mol. The van der Waals surface area contributed by atoms with Crippen LogP contribution in [0.4, 0.5) is 11.9 Å². The number of aromatic nitrogens is 12. The fraction of sp³-hybridized carbons (Fsp3) is 0.438. The van der Waals surface area contributed by atoms with Gasteiger partial charge in [-0.2, -0.15) is 9.97 Å². The first kappa shape index (κ1) is 89.7. The van der Waals surface area contributed by atoms with E-state index >= 15 is 13.7 Å². The molecule has 6 N–H and O–H groups in total. The van der Waals surface area contributed by atoms with Gasteiger partial charge in [0.05, 0.1) is 81.5 Å². The largest absolute Gasteiger partial charge is 0.459 e. The number of carbonyl (C=O) groups excluding carboxylic acids is 3. The van der Waals surface area contributed by atoms with Gasteiger partial charge in [0.15, 0.2) is 34.8 Å². The lowest BCUT2D eigenvalue weighted by Crippen LogP contribution is -2.57. The Labute approximate surface area is 710 Å². The summed E-state index contributed by atoms with van der Waals surface area (Å²) in [6.07, 6.45) is -4.31. The van der Waals surface area contributed by atoms with Gasteiger partial charge in [-0.25, -0.2) is 52.4 Å². The smallest absolute Gasteiger partial charge is 0.345 e. The molecule has 660 valence electrons. The molecule has 4 saturated heterocycles. The first-order chi connectivity index (χ1) is 59.1. The first-order valence-electron chi connectivity index (χ1n) is 40.1. The number of amides is 2. The van der Waals surface area contributed by atoms with Crippen LogP contribution in [0.2, 0.25) is 0 Å². The van der Waals surface area contributed by atoms with Crippen LogP contribution in [0.15, 0.2) is 175 Å². The van der Waals surface area contributed by atoms with Crippen LogP contribution in [0.1, 0.15) is 90.8 Å². The number of hydrogen-bond donors (Lipinski definition) is 6. The molecule has 44 heteroatoms. The fourth-order valence-electron chi connectivity index (χ4n) is 15.4. The molecule has 4 aromatic carbocycles. The number of aromatic amines is 4. The zero-order chi connectivity index (χ0) is 88.4. The van der Waals surface area contributed by atoms with Crippen LogP contribution >= 0.6 is 23.0 Å². The molecule has 10 aromatic rings. The first-order valence-corrected chi connectivity index (χ1v) is 44.7. The molecule has 14 rings (SSSR count). The van der Waals surface area contributed by atoms with Gasteiger partial charge in [0, 0.05) is 68.1 Å². The Balaban J connectivity index is 0.797. The Morgan fingerprint density at radius 3 is 1.14 bits per heavy atom. The van der Waals surface area contributed by atoms with E-state index in [2.05, 4.69) is 50.4 Å². The summed E-state index contributed by atoms with van der Waals surface area (Å²) in [5, 5.41) is 5.33. The number of morpholine rings is 4. The van der Waals surface area contributed by atoms with Crippen LogP contribution in [0.5, 0.6) is 0 Å². The molecule has 10 heterocycles. The number of carbonyl (C=O) groups is 3. The van der Waals surface area contributed by atoms with E-state index in [0.29, 0.717) is 0 Å². The van der Waals surface area contributed by atoms with Crippen LogP contribution < -0.4 is 44.3 Å². The fourth-order valence-corrected chi connectivity index (χ4v) is 21.4. The molecule has 0 radical (unpaired) electrons. The second-order valence-corrected chi connectivity index (χ2v) is 39.6. The molecule has 0 unspecified atom stereocenters. The lowest BCUT2D eigenvalue weighted by molar-refractivity contribution is -0.148. The average Bonchev–Trinajstić information content (AvgIpc) is 1.10. The molecular formula is C80H100N21O20P3. The van der Waals surface area contributed by atoms with Crippen molar-refractivity contribution in [2.24, 2.45) is 11.8 Å². The van der Waals surface area contributed by atoms with E-state index in [9.17, 15) is 43.2 Å². The SMILES string of the molecule is Cc1cn([C@H]2CN([P@@](=O)(OC[C@@H]3CN([P@@](=O)(OC[C@@H]4CN([P@@](=O)(OC[C@@H]5CN(C(c6ccccc6)(c6ccccc6)c6ccccc6)C[C@H](n6cnc7c(=O)[nH]c(NC(=O)C(C)C)nc76)O5)N(C)C)C[C@H](n5cc(C)c(=O)[nH]c5=O)O4)N(C)C)C[C@H](n4cnc5c(=O)[nH]c(NC(=O)C(C)C)nc54)O3)N(C)C)C[C@@H](COC(=O)c3ccccc3)O2)c(=O)[nH]c1=O. The van der Waals surface area contributed by atoms with Crippen LogP contribution in [0, 0.1) is 25.7 Å². The predicted molar refractivity (Wildman–Crippen MR) is 455 cm³/mol. The summed E-state index contributed by atoms with van der Waals surface area (Å²) in [4.78, 5) is 151. The third-order valence-corrected chi connectivity index (χ3v) is 29.4. The molecule has 0 saturated carbocycles. The molecule has 0 aliphatic carbocycles. The molecule has 124 heavy (non-hydrogen) atoms. The number of aryl methyl sites for hydroxylation is 2. The van der Waals surface area contributed by atoms with Gasteiger partial charge in [0.2, 0.25) is 23.7 Å². The van der Waals surface area contributed by atoms with Crippen molar-refractivity contribution in [1.29, 1.82) is 0 Å². The van der Waals surface area contributed by atoms with Gasteiger partial charge in [-0.15, -0.1) is 0 Å². The topological polar surface area (TPSA) is 460 Å². The lowest BCUT2D eigenvalue weighted by Gasteiger charge is -2.51. The highest BCUT2D eigenvalue weighted by molar-refractivity contribution is 7.54. The molecule has 4 aliphatic rings. The normalized spacial score (nSPS) is 21.9. The summed E-state index contributed by atoms with van der Waals surface area (Å²) in [6, 6.07) is 37.9. The zero-order valence-electron chi connectivity index (χ0n) is 70.3. The number of ether oxygens (including phenoxy) is 5. The van der Waals surface area contributed by atoms with Crippen molar-refractivity contribution in [2.45, 2.75) is 96.4 Å². The van der Waals surface area contributed by atoms with E-state index in [4.69, 9.17) is 42.2 Å². The number of H-pyrrole nitrogens is 4. The lowest BCUT2D eigenvalue weighted by atomic mass is 9.75. The highest BCUT2D eigenvalue weighted by Gasteiger charge is 2.52. The van der Waals surface area contributed by atoms with Gasteiger partial charge >= 0.3 is 40.4 Å². The summed E-state index contributed by atoms with van der Waals surface area (Å²) in [5.41, 5.74) is -2.66. The standard InChI is InChI=1S/C80H100N21O20P3/c1-49(2)69(102)85-76-83-67-65(73(106)87-76)81-47-100(67)61-39-94(80(54-27-19-14-20-28-54,55-29-21-15-22-30-55)56-31-23-16-24-32-56)35-57(118-61)44-115-123(112,92(9)10)96-37-59(120-63(41-96)99-34-52(6)72(105)90-79(99)110)45-116-124(113,93(11)12)97-38-60(121-64(42-97)101-48-82-66-68(101)84-77(88-74(66)107)86-70(103)50(3)4)46-117-122(111,91(7)8)95-36-58(43-114-75(108)53-25-17-13-18-26-53)119-62(40-95)98-33-51(5)71(104)89-78(98)109/h13-34,47-50,57-64H,35-46H2,1-12H3,(H,89,104,109)(H,90,105,110)(H2,83,85,87,102,106)(H2,84,86,88,103,107)/t57-,58-,59-,60-,61+,62+,63+,64+,122-,123-,124-/m0/s1. The van der Waals surface area contributed by atoms with E-state index in [0.717, 1.165) is 25.8 Å². The van der Waals surface area contributed by atoms with Gasteiger partial charge in [-0.3, -0.25) is 96.2 Å². The maximum atomic E-state index is 16.7. The maximum Gasteiger partial charge on any atom is 0.345 e. The van der Waals surface area contributed by atoms with Crippen molar-refractivity contribution in [1.82, 2.24) is 91.1 Å². The summed E-state index contributed by atoms with van der Waals surface area (Å²) in [7, 11) is -4.33. The Morgan fingerprint density at radius 1 is 0.452 bits per heavy atom. The third-order valence-electron chi connectivity index (χ3n) is 21.8. The summed E-state index contributed by atoms with van der Waals surface area (Å²) in [6.45, 7) is 6.09. The van der Waals surface area contributed by atoms with Crippen molar-refractivity contribution >= 4 is 75.0 Å². The molecule has 41 nitrogen and oxygen atoms in total. The summed E-state index contributed by atoms with van der Waals surface area (Å²) >= 11 is 0. The number of fused-ring (bicyclic) bond motifs is 2. The number of hydrogen-bond acceptors (Lipinski definition) is 25. The number of rotatable bonds is 30. The summed E-state index contributed by atoms with van der Waals surface area (Å²) in [5.74, 6) is -2.93. The highest BCUT2D eigenvalue weighted by Crippen LogP contribution is 2.59. The number of imidazole rings is 2. The number of anilines is 2. The van der Waals surface area contributed by atoms with Crippen molar-refractivity contribution < 1.29 is 65.3 Å². The molecule has 2 amide bonds. The Kier molecular flexibility index (Phi) is 27.0. The Bertz CT molecular complexity index is 5990. The van der Waals surface area contributed by atoms with Crippen LogP contribution in [-0.2, 0) is 66.1 Å². The van der Waals surface area contributed by atoms with Crippen molar-refractivity contribution in [2.75, 3.05) is 132 Å². The van der Waals surface area contributed by atoms with Crippen molar-refractivity contribution in [3.63, 3.8) is 0 Å². The minimum absolute atomic E-state index is 0.0477. The minimum atomic E-state index is -4.55. The van der Waals surface area contributed by atoms with E-state index in [-0.39, 0.29) is 103 Å². The van der Waals surface area contributed by atoms with Crippen LogP contribution in [0.25, 0.3) is 22.3 Å². The number of esters is 1. The van der Waals surface area contributed by atoms with Gasteiger partial charge in [-0.05, 0) is 85.0 Å². The monoisotopic (exact) mass is 1770 g/mol. The molecule has 11 atom stereocenters. The quantitative estimate of drug-likeness (QED) is 0.0174. The second-order valence-electron chi connectivity index (χ2n) is 31.8. The van der Waals surface area contributed by atoms with E-state index in [1.165, 1.54) is 99.7 Å². The number of benzene rings is 4. The highest BCUT2D eigenvalue weighted by atomic mass is 31.2. The molecule has 4 fully saturated rings. The Morgan fingerprint density at radius 2 is 0.782 bits per heavy atom. The summed E-state index contributed by atoms with van der Waals surface area (Å²) < 4.78 is 117. The van der Waals surface area contributed by atoms with Gasteiger partial charge in [0.1, 0.15) is 25.2 Å². The molecule has 0 spiro atoms. The third kappa shape index (κ3) is 18.6. The van der Waals surface area contributed by atoms with Gasteiger partial charge in [0.25, 0.3) is 22.2 Å². The minimum Gasteiger partial charge on any atom is -0.459 e. The van der Waals surface area contributed by atoms with Crippen LogP contribution in [0.3, 0.4) is 0 Å². The number of nitrogens with one attached hydrogen (secondary N) is 6. The van der Waals surface area contributed by atoms with Crippen molar-refractivity contribution in [3.05, 3.63) is 242 Å². The maximum absolute atomic E-state index is 16.7. The van der Waals surface area contributed by atoms with E-state index in [1.807, 2.05) is 91.0 Å². The van der Waals surface area contributed by atoms with Crippen molar-refractivity contribution in [3.8, 4) is 0 Å². The van der Waals surface area contributed by atoms with Gasteiger partial charge in [-0.1, -0.05) is 137 Å². The Hall–Kier alpha value is -10.5. The number of nitrogens with zero attached hydrogens (tertiary/aromatic N) is 15. The zero-order valence-corrected chi connectivity index (χ0v) is 73.0. The molecule has 0 bridgehead atoms. The molecule has 4 aliphatic heterocycles.